The number of hydrogen-bond donors (Lipinski definition) is 1. The molecule has 33 heavy (non-hydrogen) atoms. The summed E-state index contributed by atoms with van der Waals surface area (Å²) in [7, 11) is -3.69. The fraction of sp³-hybridized carbons (Fsp3) is 0.478. The van der Waals surface area contributed by atoms with Crippen LogP contribution in [0, 0.1) is 5.92 Å². The third-order valence-electron chi connectivity index (χ3n) is 5.66. The number of rotatable bonds is 9. The average Bonchev–Trinajstić information content (AvgIpc) is 3.35. The van der Waals surface area contributed by atoms with Gasteiger partial charge in [0.05, 0.1) is 28.0 Å². The van der Waals surface area contributed by atoms with Gasteiger partial charge in [0.2, 0.25) is 15.9 Å². The Balaban J connectivity index is 1.80. The van der Waals surface area contributed by atoms with E-state index >= 15 is 0 Å². The summed E-state index contributed by atoms with van der Waals surface area (Å²) in [6.45, 7) is 7.40. The van der Waals surface area contributed by atoms with Crippen LogP contribution in [0.2, 0.25) is 0 Å². The zero-order valence-corrected chi connectivity index (χ0v) is 20.9. The normalized spacial score (nSPS) is 16.6. The molecule has 8 nitrogen and oxygen atoms in total. The molecule has 0 aliphatic carbocycles. The summed E-state index contributed by atoms with van der Waals surface area (Å²) in [4.78, 5) is 28.3. The second kappa shape index (κ2) is 11.1. The van der Waals surface area contributed by atoms with Crippen LogP contribution in [0.3, 0.4) is 0 Å². The molecule has 2 amide bonds. The number of amides is 2. The van der Waals surface area contributed by atoms with Crippen LogP contribution in [-0.2, 0) is 14.8 Å². The van der Waals surface area contributed by atoms with E-state index in [-0.39, 0.29) is 22.6 Å². The summed E-state index contributed by atoms with van der Waals surface area (Å²) in [5.74, 6) is -0.298. The van der Waals surface area contributed by atoms with Gasteiger partial charge in [-0.25, -0.2) is 8.42 Å². The molecule has 1 saturated heterocycles. The Morgan fingerprint density at radius 1 is 1.21 bits per heavy atom. The maximum Gasteiger partial charge on any atom is 0.263 e. The highest BCUT2D eigenvalue weighted by Crippen LogP contribution is 2.31. The van der Waals surface area contributed by atoms with Gasteiger partial charge in [-0.3, -0.25) is 9.59 Å². The fourth-order valence-corrected chi connectivity index (χ4v) is 6.10. The lowest BCUT2D eigenvalue weighted by Gasteiger charge is -2.32. The molecule has 0 saturated carbocycles. The molecule has 2 aromatic rings. The molecule has 1 aliphatic rings. The van der Waals surface area contributed by atoms with Crippen LogP contribution in [-0.4, -0.2) is 62.2 Å². The number of nitrogens with one attached hydrogen (secondary N) is 1. The number of benzene rings is 1. The second-order valence-corrected chi connectivity index (χ2v) is 10.6. The molecule has 1 unspecified atom stereocenters. The lowest BCUT2D eigenvalue weighted by atomic mass is 9.96. The molecule has 1 aliphatic heterocycles. The van der Waals surface area contributed by atoms with Crippen molar-refractivity contribution in [3.8, 4) is 5.75 Å². The van der Waals surface area contributed by atoms with Crippen molar-refractivity contribution >= 4 is 38.9 Å². The summed E-state index contributed by atoms with van der Waals surface area (Å²) in [5.41, 5.74) is 0.316. The monoisotopic (exact) mass is 493 g/mol. The third-order valence-corrected chi connectivity index (χ3v) is 8.57. The highest BCUT2D eigenvalue weighted by Gasteiger charge is 2.30. The Morgan fingerprint density at radius 2 is 1.97 bits per heavy atom. The summed E-state index contributed by atoms with van der Waals surface area (Å²) >= 11 is 1.38. The summed E-state index contributed by atoms with van der Waals surface area (Å²) in [6, 6.07) is 8.14. The van der Waals surface area contributed by atoms with Gasteiger partial charge in [-0.2, -0.15) is 4.31 Å². The van der Waals surface area contributed by atoms with Crippen LogP contribution in [0.1, 0.15) is 43.3 Å². The first-order chi connectivity index (χ1) is 15.8. The molecule has 3 rings (SSSR count). The van der Waals surface area contributed by atoms with E-state index in [1.165, 1.54) is 27.8 Å². The summed E-state index contributed by atoms with van der Waals surface area (Å²) < 4.78 is 32.9. The van der Waals surface area contributed by atoms with Gasteiger partial charge in [0.15, 0.2) is 0 Å². The maximum atomic E-state index is 13.1. The first-order valence-corrected chi connectivity index (χ1v) is 13.5. The number of anilines is 1. The number of carbonyl (C=O) groups excluding carboxylic acids is 2. The van der Waals surface area contributed by atoms with Gasteiger partial charge in [0.25, 0.3) is 5.91 Å². The highest BCUT2D eigenvalue weighted by molar-refractivity contribution is 7.89. The van der Waals surface area contributed by atoms with Crippen molar-refractivity contribution in [1.82, 2.24) is 9.21 Å². The molecule has 1 atom stereocenters. The zero-order valence-electron chi connectivity index (χ0n) is 19.2. The molecule has 0 bridgehead atoms. The smallest absolute Gasteiger partial charge is 0.263 e. The molecule has 1 N–H and O–H groups in total. The molecule has 180 valence electrons. The van der Waals surface area contributed by atoms with E-state index in [0.29, 0.717) is 55.5 Å². The van der Waals surface area contributed by atoms with Gasteiger partial charge >= 0.3 is 0 Å². The first kappa shape index (κ1) is 25.2. The molecule has 0 spiro atoms. The Kier molecular flexibility index (Phi) is 8.50. The summed E-state index contributed by atoms with van der Waals surface area (Å²) in [5, 5.41) is 4.72. The number of carbonyl (C=O) groups is 2. The molecule has 10 heteroatoms. The van der Waals surface area contributed by atoms with Gasteiger partial charge in [-0.1, -0.05) is 19.9 Å². The third kappa shape index (κ3) is 5.74. The average molecular weight is 494 g/mol. The SMILES string of the molecule is CCOc1ccc(S(=O)(=O)N(CC)CC)cc1NC(=O)C1CCCN(C(=O)c2cccs2)C1. The van der Waals surface area contributed by atoms with Crippen molar-refractivity contribution < 1.29 is 22.7 Å². The molecule has 2 heterocycles. The van der Waals surface area contributed by atoms with Crippen molar-refractivity contribution in [1.29, 1.82) is 0 Å². The van der Waals surface area contributed by atoms with E-state index < -0.39 is 10.0 Å². The van der Waals surface area contributed by atoms with Crippen LogP contribution < -0.4 is 10.1 Å². The van der Waals surface area contributed by atoms with Crippen LogP contribution in [0.15, 0.2) is 40.6 Å². The van der Waals surface area contributed by atoms with E-state index in [4.69, 9.17) is 4.74 Å². The molecule has 0 radical (unpaired) electrons. The van der Waals surface area contributed by atoms with E-state index in [0.717, 1.165) is 6.42 Å². The van der Waals surface area contributed by atoms with E-state index in [1.807, 2.05) is 18.4 Å². The number of sulfonamides is 1. The van der Waals surface area contributed by atoms with Gasteiger partial charge in [0, 0.05) is 26.2 Å². The second-order valence-electron chi connectivity index (χ2n) is 7.74. The number of nitrogens with zero attached hydrogens (tertiary/aromatic N) is 2. The minimum Gasteiger partial charge on any atom is -0.492 e. The van der Waals surface area contributed by atoms with Crippen LogP contribution in [0.4, 0.5) is 5.69 Å². The quantitative estimate of drug-likeness (QED) is 0.575. The number of thiophene rings is 1. The first-order valence-electron chi connectivity index (χ1n) is 11.2. The van der Waals surface area contributed by atoms with Crippen molar-refractivity contribution in [2.75, 3.05) is 38.1 Å². The molecular formula is C23H31N3O5S2. The Labute approximate surface area is 199 Å². The largest absolute Gasteiger partial charge is 0.492 e. The minimum absolute atomic E-state index is 0.0650. The zero-order chi connectivity index (χ0) is 24.0. The van der Waals surface area contributed by atoms with Crippen LogP contribution in [0.25, 0.3) is 0 Å². The van der Waals surface area contributed by atoms with Crippen LogP contribution >= 0.6 is 11.3 Å². The maximum absolute atomic E-state index is 13.1. The standard InChI is InChI=1S/C23H31N3O5S2/c1-4-26(5-2)33(29,30)18-11-12-20(31-6-3)19(15-18)24-22(27)17-9-7-13-25(16-17)23(28)21-10-8-14-32-21/h8,10-12,14-15,17H,4-7,9,13,16H2,1-3H3,(H,24,27). The fourth-order valence-electron chi connectivity index (χ4n) is 3.93. The van der Waals surface area contributed by atoms with Gasteiger partial charge < -0.3 is 15.0 Å². The lowest BCUT2D eigenvalue weighted by molar-refractivity contribution is -0.121. The van der Waals surface area contributed by atoms with Crippen molar-refractivity contribution in [2.24, 2.45) is 5.92 Å². The molecule has 1 fully saturated rings. The summed E-state index contributed by atoms with van der Waals surface area (Å²) in [6.07, 6.45) is 1.38. The topological polar surface area (TPSA) is 96.0 Å². The molecule has 1 aromatic heterocycles. The van der Waals surface area contributed by atoms with Crippen LogP contribution in [0.5, 0.6) is 5.75 Å². The Hall–Kier alpha value is -2.43. The number of hydrogen-bond acceptors (Lipinski definition) is 6. The van der Waals surface area contributed by atoms with Crippen molar-refractivity contribution in [2.45, 2.75) is 38.5 Å². The number of piperidine rings is 1. The van der Waals surface area contributed by atoms with Crippen molar-refractivity contribution in [3.05, 3.63) is 40.6 Å². The Bertz CT molecular complexity index is 1070. The Morgan fingerprint density at radius 3 is 2.61 bits per heavy atom. The molecular weight excluding hydrogens is 462 g/mol. The van der Waals surface area contributed by atoms with Gasteiger partial charge in [-0.05, 0) is 49.4 Å². The number of likely N-dealkylation sites (tertiary alicyclic amines) is 1. The van der Waals surface area contributed by atoms with Gasteiger partial charge in [-0.15, -0.1) is 11.3 Å². The lowest BCUT2D eigenvalue weighted by Crippen LogP contribution is -2.43. The van der Waals surface area contributed by atoms with E-state index in [1.54, 1.807) is 30.9 Å². The predicted octanol–water partition coefficient (Wildman–Crippen LogP) is 3.67. The van der Waals surface area contributed by atoms with Gasteiger partial charge in [0.1, 0.15) is 5.75 Å². The predicted molar refractivity (Wildman–Crippen MR) is 129 cm³/mol. The van der Waals surface area contributed by atoms with E-state index in [9.17, 15) is 18.0 Å². The molecule has 1 aromatic carbocycles. The minimum atomic E-state index is -3.69. The highest BCUT2D eigenvalue weighted by atomic mass is 32.2. The number of ether oxygens (including phenoxy) is 1. The van der Waals surface area contributed by atoms with E-state index in [2.05, 4.69) is 5.32 Å². The van der Waals surface area contributed by atoms with Crippen molar-refractivity contribution in [3.63, 3.8) is 0 Å².